The number of hydrogen-bond donors (Lipinski definition) is 1. The Bertz CT molecular complexity index is 394. The van der Waals surface area contributed by atoms with E-state index in [0.29, 0.717) is 24.8 Å². The fourth-order valence-electron chi connectivity index (χ4n) is 2.12. The fourth-order valence-corrected chi connectivity index (χ4v) is 2.69. The van der Waals surface area contributed by atoms with Gasteiger partial charge in [0, 0.05) is 13.5 Å². The molecular weight excluding hydrogens is 298 g/mol. The van der Waals surface area contributed by atoms with Crippen molar-refractivity contribution in [1.29, 1.82) is 0 Å². The summed E-state index contributed by atoms with van der Waals surface area (Å²) in [6.45, 7) is 2.50. The number of piperidine rings is 1. The number of carbonyl (C=O) groups is 1. The van der Waals surface area contributed by atoms with Crippen molar-refractivity contribution < 1.29 is 9.53 Å². The van der Waals surface area contributed by atoms with Crippen molar-refractivity contribution in [3.63, 3.8) is 0 Å². The van der Waals surface area contributed by atoms with Gasteiger partial charge in [-0.25, -0.2) is 0 Å². The predicted molar refractivity (Wildman–Crippen MR) is 71.7 cm³/mol. The number of nitrogens with zero attached hydrogens (tertiary/aromatic N) is 2. The topological polar surface area (TPSA) is 56.2 Å². The number of ether oxygens (including phenoxy) is 1. The highest BCUT2D eigenvalue weighted by molar-refractivity contribution is 9.10. The average molecular weight is 316 g/mol. The Kier molecular flexibility index (Phi) is 4.91. The van der Waals surface area contributed by atoms with E-state index in [1.807, 2.05) is 0 Å². The van der Waals surface area contributed by atoms with Gasteiger partial charge in [0.2, 0.25) is 0 Å². The maximum Gasteiger partial charge on any atom is 0.184 e. The second-order valence-corrected chi connectivity index (χ2v) is 5.31. The lowest BCUT2D eigenvalue weighted by Gasteiger charge is -2.22. The first kappa shape index (κ1) is 13.7. The highest BCUT2D eigenvalue weighted by Crippen LogP contribution is 2.17. The summed E-state index contributed by atoms with van der Waals surface area (Å²) < 4.78 is 8.07. The third-order valence-electron chi connectivity index (χ3n) is 3.13. The van der Waals surface area contributed by atoms with E-state index in [1.54, 1.807) is 17.9 Å². The Labute approximate surface area is 115 Å². The van der Waals surface area contributed by atoms with Crippen LogP contribution in [0.4, 0.5) is 0 Å². The van der Waals surface area contributed by atoms with Gasteiger partial charge in [-0.1, -0.05) is 0 Å². The second kappa shape index (κ2) is 6.45. The minimum Gasteiger partial charge on any atom is -0.378 e. The molecule has 0 radical (unpaired) electrons. The molecule has 0 aromatic carbocycles. The minimum atomic E-state index is 0.0656. The monoisotopic (exact) mass is 315 g/mol. The molecule has 0 aliphatic carbocycles. The summed E-state index contributed by atoms with van der Waals surface area (Å²) in [6.07, 6.45) is 4.41. The highest BCUT2D eigenvalue weighted by Gasteiger charge is 2.17. The van der Waals surface area contributed by atoms with E-state index in [9.17, 15) is 4.79 Å². The van der Waals surface area contributed by atoms with Crippen molar-refractivity contribution in [2.24, 2.45) is 7.05 Å². The zero-order valence-electron chi connectivity index (χ0n) is 10.5. The molecule has 6 heteroatoms. The van der Waals surface area contributed by atoms with Gasteiger partial charge >= 0.3 is 0 Å². The van der Waals surface area contributed by atoms with Gasteiger partial charge in [-0.3, -0.25) is 9.48 Å². The number of aryl methyl sites for hydroxylation is 1. The van der Waals surface area contributed by atoms with Gasteiger partial charge in [0.1, 0.15) is 5.69 Å². The Morgan fingerprint density at radius 2 is 2.33 bits per heavy atom. The molecule has 1 aliphatic heterocycles. The van der Waals surface area contributed by atoms with Crippen LogP contribution in [0.15, 0.2) is 10.7 Å². The maximum atomic E-state index is 12.0. The lowest BCUT2D eigenvalue weighted by molar-refractivity contribution is 0.0312. The number of nitrogens with one attached hydrogen (secondary N) is 1. The van der Waals surface area contributed by atoms with Crippen molar-refractivity contribution in [2.75, 3.05) is 19.7 Å². The molecular formula is C12H18BrN3O2. The van der Waals surface area contributed by atoms with Crippen molar-refractivity contribution >= 4 is 21.7 Å². The van der Waals surface area contributed by atoms with E-state index < -0.39 is 0 Å². The van der Waals surface area contributed by atoms with Crippen LogP contribution in [0.5, 0.6) is 0 Å². The molecule has 1 aromatic heterocycles. The van der Waals surface area contributed by atoms with E-state index in [4.69, 9.17) is 4.74 Å². The van der Waals surface area contributed by atoms with Gasteiger partial charge in [-0.05, 0) is 41.9 Å². The summed E-state index contributed by atoms with van der Waals surface area (Å²) in [5, 5.41) is 7.32. The number of hydrogen-bond acceptors (Lipinski definition) is 4. The Morgan fingerprint density at radius 1 is 1.61 bits per heavy atom. The van der Waals surface area contributed by atoms with Gasteiger partial charge < -0.3 is 10.1 Å². The number of halogens is 1. The van der Waals surface area contributed by atoms with E-state index in [1.165, 1.54) is 0 Å². The lowest BCUT2D eigenvalue weighted by Crippen LogP contribution is -2.32. The van der Waals surface area contributed by atoms with Crippen molar-refractivity contribution in [3.8, 4) is 0 Å². The number of ketones is 1. The highest BCUT2D eigenvalue weighted by atomic mass is 79.9. The minimum absolute atomic E-state index is 0.0656. The maximum absolute atomic E-state index is 12.0. The fraction of sp³-hybridized carbons (Fsp3) is 0.667. The Hall–Kier alpha value is -0.720. The number of aromatic nitrogens is 2. The first-order valence-corrected chi connectivity index (χ1v) is 7.01. The first-order valence-electron chi connectivity index (χ1n) is 6.21. The molecule has 1 saturated heterocycles. The molecule has 0 amide bonds. The van der Waals surface area contributed by atoms with Crippen LogP contribution in [0.25, 0.3) is 0 Å². The second-order valence-electron chi connectivity index (χ2n) is 4.46. The van der Waals surface area contributed by atoms with E-state index in [0.717, 1.165) is 30.4 Å². The van der Waals surface area contributed by atoms with Gasteiger partial charge in [0.15, 0.2) is 5.78 Å². The summed E-state index contributed by atoms with van der Waals surface area (Å²) in [5.74, 6) is 0.0656. The van der Waals surface area contributed by atoms with E-state index in [2.05, 4.69) is 26.3 Å². The molecule has 0 spiro atoms. The Balaban J connectivity index is 1.78. The predicted octanol–water partition coefficient (Wildman–Crippen LogP) is 1.52. The molecule has 2 heterocycles. The SMILES string of the molecule is Cn1ncc(Br)c1C(=O)CCOC1CCNCC1. The van der Waals surface area contributed by atoms with Crippen LogP contribution in [0.2, 0.25) is 0 Å². The smallest absolute Gasteiger partial charge is 0.184 e. The molecule has 1 fully saturated rings. The summed E-state index contributed by atoms with van der Waals surface area (Å²) in [5.41, 5.74) is 0.615. The lowest BCUT2D eigenvalue weighted by atomic mass is 10.1. The van der Waals surface area contributed by atoms with Crippen LogP contribution < -0.4 is 5.32 Å². The summed E-state index contributed by atoms with van der Waals surface area (Å²) >= 11 is 3.33. The summed E-state index contributed by atoms with van der Waals surface area (Å²) in [4.78, 5) is 12.0. The molecule has 0 bridgehead atoms. The third kappa shape index (κ3) is 3.40. The number of rotatable bonds is 5. The largest absolute Gasteiger partial charge is 0.378 e. The molecule has 0 atom stereocenters. The van der Waals surface area contributed by atoms with Crippen molar-refractivity contribution in [1.82, 2.24) is 15.1 Å². The van der Waals surface area contributed by atoms with E-state index in [-0.39, 0.29) is 5.78 Å². The molecule has 0 saturated carbocycles. The van der Waals surface area contributed by atoms with Crippen LogP contribution in [0.3, 0.4) is 0 Å². The van der Waals surface area contributed by atoms with Crippen LogP contribution in [0.1, 0.15) is 29.8 Å². The molecule has 100 valence electrons. The molecule has 1 N–H and O–H groups in total. The molecule has 0 unspecified atom stereocenters. The molecule has 18 heavy (non-hydrogen) atoms. The number of Topliss-reactive ketones (excluding diaryl/α,β-unsaturated/α-hetero) is 1. The summed E-state index contributed by atoms with van der Waals surface area (Å²) in [6, 6.07) is 0. The average Bonchev–Trinajstić information content (AvgIpc) is 2.70. The third-order valence-corrected chi connectivity index (χ3v) is 3.71. The summed E-state index contributed by atoms with van der Waals surface area (Å²) in [7, 11) is 1.77. The van der Waals surface area contributed by atoms with Gasteiger partial charge in [-0.15, -0.1) is 0 Å². The molecule has 1 aromatic rings. The standard InChI is InChI=1S/C12H18BrN3O2/c1-16-12(10(13)8-15-16)11(17)4-7-18-9-2-5-14-6-3-9/h8-9,14H,2-7H2,1H3. The first-order chi connectivity index (χ1) is 8.68. The van der Waals surface area contributed by atoms with Crippen molar-refractivity contribution in [2.45, 2.75) is 25.4 Å². The van der Waals surface area contributed by atoms with Gasteiger partial charge in [-0.2, -0.15) is 5.10 Å². The zero-order valence-corrected chi connectivity index (χ0v) is 12.1. The molecule has 2 rings (SSSR count). The zero-order chi connectivity index (χ0) is 13.0. The Morgan fingerprint density at radius 3 is 2.94 bits per heavy atom. The van der Waals surface area contributed by atoms with Crippen LogP contribution >= 0.6 is 15.9 Å². The number of carbonyl (C=O) groups excluding carboxylic acids is 1. The quantitative estimate of drug-likeness (QED) is 0.837. The molecule has 5 nitrogen and oxygen atoms in total. The molecule has 1 aliphatic rings. The van der Waals surface area contributed by atoms with Gasteiger partial charge in [0.05, 0.1) is 23.4 Å². The van der Waals surface area contributed by atoms with Crippen molar-refractivity contribution in [3.05, 3.63) is 16.4 Å². The normalized spacial score (nSPS) is 17.0. The van der Waals surface area contributed by atoms with Crippen LogP contribution in [-0.4, -0.2) is 41.4 Å². The van der Waals surface area contributed by atoms with E-state index >= 15 is 0 Å². The van der Waals surface area contributed by atoms with Gasteiger partial charge in [0.25, 0.3) is 0 Å². The van der Waals surface area contributed by atoms with Crippen LogP contribution in [-0.2, 0) is 11.8 Å². The van der Waals surface area contributed by atoms with Crippen LogP contribution in [0, 0.1) is 0 Å².